The molecule has 6 rings (SSSR count). The summed E-state index contributed by atoms with van der Waals surface area (Å²) in [7, 11) is 0. The van der Waals surface area contributed by atoms with Crippen LogP contribution in [0.15, 0.2) is 70.3 Å². The number of allylic oxidation sites excluding steroid dienone is 3. The maximum atomic E-state index is 14.7. The van der Waals surface area contributed by atoms with E-state index < -0.39 is 11.0 Å². The molecule has 1 saturated carbocycles. The molecule has 2 unspecified atom stereocenters. The summed E-state index contributed by atoms with van der Waals surface area (Å²) in [5.41, 5.74) is 4.53. The number of para-hydroxylation sites is 1. The Labute approximate surface area is 216 Å². The second-order valence-electron chi connectivity index (χ2n) is 11.2. The van der Waals surface area contributed by atoms with Crippen LogP contribution in [0.3, 0.4) is 0 Å². The number of β-lactam (4-membered cyclic amide) rings is 1. The van der Waals surface area contributed by atoms with Gasteiger partial charge < -0.3 is 10.0 Å². The summed E-state index contributed by atoms with van der Waals surface area (Å²) < 4.78 is 28.1. The Morgan fingerprint density at radius 3 is 2.62 bits per heavy atom. The van der Waals surface area contributed by atoms with Gasteiger partial charge in [-0.3, -0.25) is 9.79 Å². The first-order valence-electron chi connectivity index (χ1n) is 13.3. The second-order valence-corrected chi connectivity index (χ2v) is 11.2. The summed E-state index contributed by atoms with van der Waals surface area (Å²) in [6, 6.07) is 11.5. The van der Waals surface area contributed by atoms with Gasteiger partial charge in [-0.2, -0.15) is 0 Å². The van der Waals surface area contributed by atoms with Gasteiger partial charge in [0.15, 0.2) is 0 Å². The van der Waals surface area contributed by atoms with Crippen molar-refractivity contribution in [2.45, 2.75) is 69.9 Å². The van der Waals surface area contributed by atoms with E-state index in [-0.39, 0.29) is 23.6 Å². The average Bonchev–Trinajstić information content (AvgIpc) is 3.00. The number of rotatable bonds is 5. The van der Waals surface area contributed by atoms with Crippen LogP contribution >= 0.6 is 0 Å². The Hall–Kier alpha value is -3.12. The monoisotopic (exact) mass is 502 g/mol. The van der Waals surface area contributed by atoms with Gasteiger partial charge in [0.25, 0.3) is 0 Å². The van der Waals surface area contributed by atoms with E-state index in [1.807, 2.05) is 24.4 Å². The van der Waals surface area contributed by atoms with E-state index >= 15 is 0 Å². The molecule has 0 aromatic heterocycles. The van der Waals surface area contributed by atoms with Crippen molar-refractivity contribution in [2.75, 3.05) is 11.4 Å². The van der Waals surface area contributed by atoms with Gasteiger partial charge in [0.1, 0.15) is 11.6 Å². The van der Waals surface area contributed by atoms with Gasteiger partial charge in [-0.25, -0.2) is 8.78 Å². The Balaban J connectivity index is 1.22. The largest absolute Gasteiger partial charge is 0.389 e. The first-order valence-corrected chi connectivity index (χ1v) is 13.3. The van der Waals surface area contributed by atoms with E-state index in [2.05, 4.69) is 13.0 Å². The molecule has 2 aliphatic carbocycles. The molecule has 2 heterocycles. The smallest absolute Gasteiger partial charge is 0.228 e. The van der Waals surface area contributed by atoms with Gasteiger partial charge in [-0.15, -0.1) is 0 Å². The number of benzene rings is 2. The third kappa shape index (κ3) is 4.06. The predicted molar refractivity (Wildman–Crippen MR) is 141 cm³/mol. The Bertz CT molecular complexity index is 1350. The fourth-order valence-corrected chi connectivity index (χ4v) is 6.70. The lowest BCUT2D eigenvalue weighted by Crippen LogP contribution is -2.45. The van der Waals surface area contributed by atoms with E-state index in [0.717, 1.165) is 36.0 Å². The highest BCUT2D eigenvalue weighted by Crippen LogP contribution is 2.58. The molecule has 1 N–H and O–H groups in total. The summed E-state index contributed by atoms with van der Waals surface area (Å²) in [6.07, 6.45) is 9.67. The third-order valence-electron chi connectivity index (χ3n) is 9.20. The first-order chi connectivity index (χ1) is 17.8. The molecule has 0 radical (unpaired) electrons. The number of hydrogen-bond donors (Lipinski definition) is 1. The summed E-state index contributed by atoms with van der Waals surface area (Å²) in [5, 5.41) is 12.0. The molecule has 2 aromatic carbocycles. The number of aliphatic hydroxyl groups is 1. The molecule has 4 nitrogen and oxygen atoms in total. The molecule has 1 amide bonds. The molecule has 1 saturated heterocycles. The minimum Gasteiger partial charge on any atom is -0.389 e. The zero-order chi connectivity index (χ0) is 25.8. The molecule has 2 aliphatic heterocycles. The highest BCUT2D eigenvalue weighted by molar-refractivity contribution is 6.00. The van der Waals surface area contributed by atoms with Gasteiger partial charge in [0.05, 0.1) is 17.3 Å². The number of fused-ring (bicyclic) bond motifs is 1. The highest BCUT2D eigenvalue weighted by atomic mass is 19.1. The second kappa shape index (κ2) is 9.02. The molecular weight excluding hydrogens is 470 g/mol. The third-order valence-corrected chi connectivity index (χ3v) is 9.20. The van der Waals surface area contributed by atoms with E-state index in [1.165, 1.54) is 34.2 Å². The average molecular weight is 503 g/mol. The molecule has 6 heteroatoms. The van der Waals surface area contributed by atoms with Crippen LogP contribution in [-0.2, 0) is 11.2 Å². The number of amides is 1. The van der Waals surface area contributed by atoms with Crippen LogP contribution in [0.2, 0.25) is 0 Å². The lowest BCUT2D eigenvalue weighted by atomic mass is 9.64. The van der Waals surface area contributed by atoms with Crippen LogP contribution in [0.5, 0.6) is 0 Å². The standard InChI is InChI=1S/C31H32F2N2O2/c1-30-18-23-19-34-27(20-5-8-25(32)9-6-20)10-7-22(23)17-24(30)12-15-31(30,37)14-11-21-3-2-4-26(33)29(21)35-16-13-28(35)36/h2-6,8-9,17,19,27,37H,7,10-16,18H2,1H3/t27?,30?,31-/m0/s1. The molecule has 0 spiro atoms. The number of carbonyl (C=O) groups is 1. The normalized spacial score (nSPS) is 29.0. The SMILES string of the molecule is CC12CC3=C(C=C1CC[C@@]2(O)CCc1cccc(F)c1N1CCC1=O)CCC(c1ccc(F)cc1)N=C3. The van der Waals surface area contributed by atoms with Crippen LogP contribution < -0.4 is 4.90 Å². The van der Waals surface area contributed by atoms with E-state index in [1.54, 1.807) is 6.07 Å². The number of nitrogens with zero attached hydrogens (tertiary/aromatic N) is 2. The van der Waals surface area contributed by atoms with Crippen molar-refractivity contribution in [1.82, 2.24) is 0 Å². The highest BCUT2D eigenvalue weighted by Gasteiger charge is 2.54. The van der Waals surface area contributed by atoms with Crippen molar-refractivity contribution < 1.29 is 18.7 Å². The first kappa shape index (κ1) is 24.2. The Morgan fingerprint density at radius 1 is 1.08 bits per heavy atom. The van der Waals surface area contributed by atoms with Crippen molar-refractivity contribution in [3.05, 3.63) is 88.0 Å². The number of carbonyl (C=O) groups excluding carboxylic acids is 1. The van der Waals surface area contributed by atoms with Gasteiger partial charge in [0.2, 0.25) is 5.91 Å². The molecule has 37 heavy (non-hydrogen) atoms. The van der Waals surface area contributed by atoms with Crippen LogP contribution in [-0.4, -0.2) is 29.4 Å². The van der Waals surface area contributed by atoms with Gasteiger partial charge in [-0.1, -0.05) is 42.8 Å². The summed E-state index contributed by atoms with van der Waals surface area (Å²) in [6.45, 7) is 2.69. The van der Waals surface area contributed by atoms with E-state index in [9.17, 15) is 18.7 Å². The van der Waals surface area contributed by atoms with Crippen LogP contribution in [0.1, 0.15) is 69.0 Å². The fraction of sp³-hybridized carbons (Fsp3) is 0.419. The zero-order valence-corrected chi connectivity index (χ0v) is 21.1. The molecule has 2 aromatic rings. The number of halogens is 2. The summed E-state index contributed by atoms with van der Waals surface area (Å²) in [4.78, 5) is 18.4. The quantitative estimate of drug-likeness (QED) is 0.481. The molecule has 2 fully saturated rings. The Kier molecular flexibility index (Phi) is 5.90. The lowest BCUT2D eigenvalue weighted by molar-refractivity contribution is -0.122. The van der Waals surface area contributed by atoms with Gasteiger partial charge >= 0.3 is 0 Å². The number of aryl methyl sites for hydroxylation is 1. The summed E-state index contributed by atoms with van der Waals surface area (Å²) in [5.74, 6) is -0.680. The molecule has 4 aliphatic rings. The van der Waals surface area contributed by atoms with Crippen molar-refractivity contribution in [1.29, 1.82) is 0 Å². The minimum absolute atomic E-state index is 0.00764. The van der Waals surface area contributed by atoms with Crippen molar-refractivity contribution in [3.63, 3.8) is 0 Å². The molecule has 3 atom stereocenters. The van der Waals surface area contributed by atoms with Crippen LogP contribution in [0.25, 0.3) is 0 Å². The number of anilines is 1. The van der Waals surface area contributed by atoms with Crippen molar-refractivity contribution in [3.8, 4) is 0 Å². The molecular formula is C31H32F2N2O2. The summed E-state index contributed by atoms with van der Waals surface area (Å²) >= 11 is 0. The van der Waals surface area contributed by atoms with E-state index in [0.29, 0.717) is 44.3 Å². The van der Waals surface area contributed by atoms with Crippen molar-refractivity contribution >= 4 is 17.8 Å². The Morgan fingerprint density at radius 2 is 1.89 bits per heavy atom. The maximum absolute atomic E-state index is 14.7. The van der Waals surface area contributed by atoms with Crippen LogP contribution in [0.4, 0.5) is 14.5 Å². The van der Waals surface area contributed by atoms with E-state index in [4.69, 9.17) is 4.99 Å². The molecule has 192 valence electrons. The number of hydrogen-bond acceptors (Lipinski definition) is 3. The lowest BCUT2D eigenvalue weighted by Gasteiger charge is -2.43. The van der Waals surface area contributed by atoms with Gasteiger partial charge in [-0.05, 0) is 85.4 Å². The molecule has 0 bridgehead atoms. The number of aliphatic imine (C=N–C) groups is 1. The van der Waals surface area contributed by atoms with Crippen LogP contribution in [0, 0.1) is 17.0 Å². The van der Waals surface area contributed by atoms with Gasteiger partial charge in [0, 0.05) is 24.6 Å². The maximum Gasteiger partial charge on any atom is 0.228 e. The topological polar surface area (TPSA) is 52.9 Å². The van der Waals surface area contributed by atoms with Crippen molar-refractivity contribution in [2.24, 2.45) is 10.4 Å². The zero-order valence-electron chi connectivity index (χ0n) is 21.1. The predicted octanol–water partition coefficient (Wildman–Crippen LogP) is 6.40. The minimum atomic E-state index is -0.934. The fourth-order valence-electron chi connectivity index (χ4n) is 6.70.